The Morgan fingerprint density at radius 1 is 1.16 bits per heavy atom. The molecule has 5 rings (SSSR count). The maximum absolute atomic E-state index is 11.5. The number of carbonyl (C=O) groups is 1. The molecule has 0 unspecified atom stereocenters. The predicted molar refractivity (Wildman–Crippen MR) is 127 cm³/mol. The number of halogens is 1. The van der Waals surface area contributed by atoms with Crippen molar-refractivity contribution in [2.45, 2.75) is 13.0 Å². The molecule has 1 aliphatic carbocycles. The standard InChI is InChI=1S/C26H18ClN3O2/c27-19-7-10-24(22(15-19)26(31)32)28-20-9-11-25-18(14-20)12-13-30(25)16-21-8-6-17-4-2-1-3-5-23(17)29-21/h2,4,6-15,28H,5,16H2,(H,31,32). The molecule has 4 aromatic rings. The van der Waals surface area contributed by atoms with Crippen LogP contribution in [-0.4, -0.2) is 20.6 Å². The summed E-state index contributed by atoms with van der Waals surface area (Å²) in [6.07, 6.45) is 6.55. The first kappa shape index (κ1) is 19.9. The summed E-state index contributed by atoms with van der Waals surface area (Å²) in [6.45, 7) is 0.654. The van der Waals surface area contributed by atoms with Crippen molar-refractivity contribution in [3.63, 3.8) is 0 Å². The molecule has 2 aromatic carbocycles. The van der Waals surface area contributed by atoms with Crippen LogP contribution in [0.4, 0.5) is 11.4 Å². The van der Waals surface area contributed by atoms with Crippen LogP contribution in [0.15, 0.2) is 66.9 Å². The van der Waals surface area contributed by atoms with Crippen molar-refractivity contribution in [3.8, 4) is 11.8 Å². The minimum Gasteiger partial charge on any atom is -0.478 e. The van der Waals surface area contributed by atoms with Crippen LogP contribution < -0.4 is 5.32 Å². The SMILES string of the molecule is O=C(O)c1cc(Cl)ccc1Nc1ccc2c(ccn2Cc2ccc3c(n2)CC#CC=C3)c1. The average Bonchev–Trinajstić information content (AvgIpc) is 3.02. The maximum Gasteiger partial charge on any atom is 0.337 e. The lowest BCUT2D eigenvalue weighted by molar-refractivity contribution is 0.0698. The van der Waals surface area contributed by atoms with Crippen molar-refractivity contribution >= 4 is 45.9 Å². The molecule has 156 valence electrons. The fourth-order valence-corrected chi connectivity index (χ4v) is 3.98. The third-order valence-corrected chi connectivity index (χ3v) is 5.60. The number of aromatic nitrogens is 2. The summed E-state index contributed by atoms with van der Waals surface area (Å²) in [6, 6.07) is 16.9. The number of hydrogen-bond acceptors (Lipinski definition) is 3. The number of allylic oxidation sites excluding steroid dienone is 1. The van der Waals surface area contributed by atoms with Crippen LogP contribution in [-0.2, 0) is 13.0 Å². The van der Waals surface area contributed by atoms with Gasteiger partial charge in [0.15, 0.2) is 0 Å². The van der Waals surface area contributed by atoms with Gasteiger partial charge < -0.3 is 15.0 Å². The minimum absolute atomic E-state index is 0.129. The highest BCUT2D eigenvalue weighted by atomic mass is 35.5. The van der Waals surface area contributed by atoms with Crippen LogP contribution in [0, 0.1) is 11.8 Å². The van der Waals surface area contributed by atoms with Gasteiger partial charge in [-0.2, -0.15) is 0 Å². The number of nitrogens with one attached hydrogen (secondary N) is 1. The number of rotatable bonds is 5. The van der Waals surface area contributed by atoms with Crippen molar-refractivity contribution in [2.75, 3.05) is 5.32 Å². The molecule has 2 heterocycles. The quantitative estimate of drug-likeness (QED) is 0.388. The molecule has 0 spiro atoms. The fraction of sp³-hybridized carbons (Fsp3) is 0.0769. The van der Waals surface area contributed by atoms with E-state index in [0.29, 0.717) is 23.7 Å². The van der Waals surface area contributed by atoms with Crippen LogP contribution in [0.25, 0.3) is 17.0 Å². The Morgan fingerprint density at radius 2 is 2.06 bits per heavy atom. The van der Waals surface area contributed by atoms with E-state index in [1.54, 1.807) is 12.1 Å². The fourth-order valence-electron chi connectivity index (χ4n) is 3.81. The highest BCUT2D eigenvalue weighted by Crippen LogP contribution is 2.27. The molecule has 5 nitrogen and oxygen atoms in total. The van der Waals surface area contributed by atoms with Gasteiger partial charge >= 0.3 is 5.97 Å². The number of pyridine rings is 1. The van der Waals surface area contributed by atoms with E-state index in [0.717, 1.165) is 33.5 Å². The molecule has 0 saturated heterocycles. The Hall–Kier alpha value is -4.01. The maximum atomic E-state index is 11.5. The van der Waals surface area contributed by atoms with E-state index in [2.05, 4.69) is 27.8 Å². The van der Waals surface area contributed by atoms with E-state index in [9.17, 15) is 9.90 Å². The minimum atomic E-state index is -1.03. The van der Waals surface area contributed by atoms with Crippen molar-refractivity contribution in [1.82, 2.24) is 9.55 Å². The number of nitrogens with zero attached hydrogens (tertiary/aromatic N) is 2. The Bertz CT molecular complexity index is 1460. The monoisotopic (exact) mass is 439 g/mol. The van der Waals surface area contributed by atoms with Crippen LogP contribution in [0.1, 0.15) is 27.3 Å². The lowest BCUT2D eigenvalue weighted by Gasteiger charge is -2.11. The molecule has 2 aromatic heterocycles. The molecule has 32 heavy (non-hydrogen) atoms. The summed E-state index contributed by atoms with van der Waals surface area (Å²) < 4.78 is 2.15. The molecular weight excluding hydrogens is 422 g/mol. The Morgan fingerprint density at radius 3 is 2.94 bits per heavy atom. The van der Waals surface area contributed by atoms with Gasteiger partial charge in [-0.15, -0.1) is 0 Å². The van der Waals surface area contributed by atoms with Gasteiger partial charge in [-0.25, -0.2) is 4.79 Å². The molecule has 0 bridgehead atoms. The van der Waals surface area contributed by atoms with Crippen molar-refractivity contribution in [1.29, 1.82) is 0 Å². The van der Waals surface area contributed by atoms with Gasteiger partial charge in [-0.05, 0) is 66.2 Å². The van der Waals surface area contributed by atoms with E-state index < -0.39 is 5.97 Å². The highest BCUT2D eigenvalue weighted by Gasteiger charge is 2.12. The lowest BCUT2D eigenvalue weighted by atomic mass is 10.1. The van der Waals surface area contributed by atoms with E-state index in [-0.39, 0.29) is 5.56 Å². The zero-order valence-corrected chi connectivity index (χ0v) is 17.7. The van der Waals surface area contributed by atoms with E-state index in [4.69, 9.17) is 16.6 Å². The highest BCUT2D eigenvalue weighted by molar-refractivity contribution is 6.31. The second-order valence-electron chi connectivity index (χ2n) is 7.51. The van der Waals surface area contributed by atoms with Gasteiger partial charge in [-0.1, -0.05) is 29.5 Å². The predicted octanol–water partition coefficient (Wildman–Crippen LogP) is 5.75. The van der Waals surface area contributed by atoms with Gasteiger partial charge in [0.25, 0.3) is 0 Å². The third kappa shape index (κ3) is 3.96. The molecule has 0 radical (unpaired) electrons. The zero-order chi connectivity index (χ0) is 22.1. The summed E-state index contributed by atoms with van der Waals surface area (Å²) in [7, 11) is 0. The van der Waals surface area contributed by atoms with Gasteiger partial charge in [0.05, 0.1) is 35.6 Å². The first-order valence-electron chi connectivity index (χ1n) is 10.1. The molecule has 0 atom stereocenters. The average molecular weight is 440 g/mol. The first-order chi connectivity index (χ1) is 15.6. The van der Waals surface area contributed by atoms with Gasteiger partial charge in [0, 0.05) is 27.8 Å². The number of hydrogen-bond donors (Lipinski definition) is 2. The number of carboxylic acid groups (broad SMARTS) is 1. The van der Waals surface area contributed by atoms with E-state index in [1.165, 1.54) is 6.07 Å². The summed E-state index contributed by atoms with van der Waals surface area (Å²) in [5.74, 6) is 5.07. The van der Waals surface area contributed by atoms with Crippen molar-refractivity contribution in [3.05, 3.63) is 94.4 Å². The number of benzene rings is 2. The van der Waals surface area contributed by atoms with E-state index >= 15 is 0 Å². The van der Waals surface area contributed by atoms with Gasteiger partial charge in [0.1, 0.15) is 0 Å². The van der Waals surface area contributed by atoms with Gasteiger partial charge in [-0.3, -0.25) is 4.98 Å². The topological polar surface area (TPSA) is 67.2 Å². The largest absolute Gasteiger partial charge is 0.478 e. The number of anilines is 2. The van der Waals surface area contributed by atoms with E-state index in [1.807, 2.05) is 48.7 Å². The van der Waals surface area contributed by atoms with Crippen LogP contribution in [0.5, 0.6) is 0 Å². The number of carboxylic acids is 1. The summed E-state index contributed by atoms with van der Waals surface area (Å²) in [5, 5.41) is 14.1. The zero-order valence-electron chi connectivity index (χ0n) is 17.0. The van der Waals surface area contributed by atoms with Crippen LogP contribution >= 0.6 is 11.6 Å². The summed E-state index contributed by atoms with van der Waals surface area (Å²) in [4.78, 5) is 16.4. The molecule has 0 aliphatic heterocycles. The van der Waals surface area contributed by atoms with Crippen LogP contribution in [0.2, 0.25) is 5.02 Å². The molecule has 1 aliphatic rings. The second-order valence-corrected chi connectivity index (χ2v) is 7.94. The summed E-state index contributed by atoms with van der Waals surface area (Å²) >= 11 is 5.95. The van der Waals surface area contributed by atoms with Crippen molar-refractivity contribution < 1.29 is 9.90 Å². The Balaban J connectivity index is 1.41. The second kappa shape index (κ2) is 8.26. The Labute approximate surface area is 190 Å². The smallest absolute Gasteiger partial charge is 0.337 e. The first-order valence-corrected chi connectivity index (χ1v) is 10.5. The third-order valence-electron chi connectivity index (χ3n) is 5.37. The molecular formula is C26H18ClN3O2. The van der Waals surface area contributed by atoms with Crippen molar-refractivity contribution in [2.24, 2.45) is 0 Å². The lowest BCUT2D eigenvalue weighted by Crippen LogP contribution is -2.04. The molecule has 0 saturated carbocycles. The number of fused-ring (bicyclic) bond motifs is 2. The van der Waals surface area contributed by atoms with Crippen LogP contribution in [0.3, 0.4) is 0 Å². The Kier molecular flexibility index (Phi) is 5.14. The molecule has 2 N–H and O–H groups in total. The van der Waals surface area contributed by atoms with Gasteiger partial charge in [0.2, 0.25) is 0 Å². The normalized spacial score (nSPS) is 12.0. The molecule has 0 amide bonds. The number of aromatic carboxylic acids is 1. The molecule has 0 fully saturated rings. The molecule has 6 heteroatoms. The summed E-state index contributed by atoms with van der Waals surface area (Å²) in [5.41, 5.74) is 5.57.